The summed E-state index contributed by atoms with van der Waals surface area (Å²) in [4.78, 5) is 0. The number of benzene rings is 1. The maximum atomic E-state index is 6.05. The van der Waals surface area contributed by atoms with E-state index in [9.17, 15) is 0 Å². The summed E-state index contributed by atoms with van der Waals surface area (Å²) in [6.45, 7) is 0.984. The fourth-order valence-corrected chi connectivity index (χ4v) is 2.45. The molecule has 1 aromatic heterocycles. The summed E-state index contributed by atoms with van der Waals surface area (Å²) in [5, 5.41) is 11.2. The van der Waals surface area contributed by atoms with Crippen molar-refractivity contribution in [2.75, 3.05) is 11.9 Å². The van der Waals surface area contributed by atoms with Gasteiger partial charge in [0.05, 0.1) is 0 Å². The number of aromatic nitrogens is 2. The molecule has 3 nitrogen and oxygen atoms in total. The van der Waals surface area contributed by atoms with Crippen LogP contribution in [0.15, 0.2) is 30.5 Å². The van der Waals surface area contributed by atoms with Gasteiger partial charge in [-0.2, -0.15) is 5.10 Å². The Morgan fingerprint density at radius 1 is 1.31 bits per heavy atom. The lowest BCUT2D eigenvalue weighted by Gasteiger charge is -2.26. The van der Waals surface area contributed by atoms with Gasteiger partial charge in [-0.25, -0.2) is 0 Å². The minimum Gasteiger partial charge on any atom is -0.385 e. The molecule has 2 aromatic rings. The average molecular weight is 234 g/mol. The van der Waals surface area contributed by atoms with Crippen LogP contribution in [0.2, 0.25) is 5.02 Å². The maximum Gasteiger partial charge on any atom is 0.0490 e. The van der Waals surface area contributed by atoms with E-state index in [1.165, 1.54) is 11.3 Å². The molecule has 0 spiro atoms. The Hall–Kier alpha value is -1.48. The molecule has 1 aliphatic heterocycles. The second kappa shape index (κ2) is 3.83. The molecule has 1 unspecified atom stereocenters. The summed E-state index contributed by atoms with van der Waals surface area (Å²) >= 11 is 6.05. The van der Waals surface area contributed by atoms with Crippen LogP contribution in [0.25, 0.3) is 0 Å². The van der Waals surface area contributed by atoms with E-state index in [-0.39, 0.29) is 0 Å². The maximum absolute atomic E-state index is 6.05. The Balaban J connectivity index is 2.08. The van der Waals surface area contributed by atoms with Gasteiger partial charge in [0.15, 0.2) is 0 Å². The normalized spacial score (nSPS) is 18.9. The fraction of sp³-hybridized carbons (Fsp3) is 0.250. The standard InChI is InChI=1S/C12H12ClN3/c13-8-1-2-11-10(7-8)9(3-5-14-11)12-4-6-15-16-12/h1-2,4,6-7,9,14H,3,5H2,(H,15,16). The van der Waals surface area contributed by atoms with Crippen LogP contribution in [0.5, 0.6) is 0 Å². The Morgan fingerprint density at radius 2 is 2.25 bits per heavy atom. The van der Waals surface area contributed by atoms with Crippen molar-refractivity contribution < 1.29 is 0 Å². The number of nitrogens with one attached hydrogen (secondary N) is 2. The van der Waals surface area contributed by atoms with Crippen molar-refractivity contribution in [3.63, 3.8) is 0 Å². The SMILES string of the molecule is Clc1ccc2c(c1)C(c1ccn[nH]1)CCN2. The Bertz CT molecular complexity index is 493. The van der Waals surface area contributed by atoms with Crippen LogP contribution < -0.4 is 5.32 Å². The van der Waals surface area contributed by atoms with Crippen LogP contribution in [-0.2, 0) is 0 Å². The Labute approximate surface area is 98.8 Å². The smallest absolute Gasteiger partial charge is 0.0490 e. The third-order valence-corrected chi connectivity index (χ3v) is 3.27. The van der Waals surface area contributed by atoms with E-state index in [4.69, 9.17) is 11.6 Å². The van der Waals surface area contributed by atoms with Crippen LogP contribution in [0.1, 0.15) is 23.6 Å². The third kappa shape index (κ3) is 1.57. The molecule has 2 heterocycles. The van der Waals surface area contributed by atoms with E-state index in [0.717, 1.165) is 23.7 Å². The van der Waals surface area contributed by atoms with Gasteiger partial charge in [-0.3, -0.25) is 5.10 Å². The molecule has 1 atom stereocenters. The van der Waals surface area contributed by atoms with Crippen LogP contribution in [-0.4, -0.2) is 16.7 Å². The van der Waals surface area contributed by atoms with Crippen molar-refractivity contribution in [3.05, 3.63) is 46.7 Å². The fourth-order valence-electron chi connectivity index (χ4n) is 2.27. The van der Waals surface area contributed by atoms with Gasteiger partial charge in [-0.15, -0.1) is 0 Å². The first-order valence-corrected chi connectivity index (χ1v) is 5.75. The summed E-state index contributed by atoms with van der Waals surface area (Å²) in [5.41, 5.74) is 3.59. The first-order valence-electron chi connectivity index (χ1n) is 5.37. The number of fused-ring (bicyclic) bond motifs is 1. The van der Waals surface area contributed by atoms with Gasteiger partial charge in [-0.1, -0.05) is 11.6 Å². The van der Waals surface area contributed by atoms with E-state index in [2.05, 4.69) is 15.5 Å². The number of aromatic amines is 1. The van der Waals surface area contributed by atoms with Crippen molar-refractivity contribution in [1.29, 1.82) is 0 Å². The largest absolute Gasteiger partial charge is 0.385 e. The number of rotatable bonds is 1. The van der Waals surface area contributed by atoms with E-state index in [0.29, 0.717) is 5.92 Å². The van der Waals surface area contributed by atoms with Crippen molar-refractivity contribution in [2.45, 2.75) is 12.3 Å². The molecule has 16 heavy (non-hydrogen) atoms. The molecule has 1 aromatic carbocycles. The van der Waals surface area contributed by atoms with E-state index < -0.39 is 0 Å². The molecular formula is C12H12ClN3. The summed E-state index contributed by atoms with van der Waals surface area (Å²) in [6, 6.07) is 8.03. The molecule has 0 saturated carbocycles. The topological polar surface area (TPSA) is 40.7 Å². The van der Waals surface area contributed by atoms with Gasteiger partial charge >= 0.3 is 0 Å². The average Bonchev–Trinajstić information content (AvgIpc) is 2.81. The first kappa shape index (κ1) is 9.73. The van der Waals surface area contributed by atoms with E-state index >= 15 is 0 Å². The third-order valence-electron chi connectivity index (χ3n) is 3.04. The zero-order chi connectivity index (χ0) is 11.0. The highest BCUT2D eigenvalue weighted by Crippen LogP contribution is 2.36. The Kier molecular flexibility index (Phi) is 2.33. The number of hydrogen-bond donors (Lipinski definition) is 2. The summed E-state index contributed by atoms with van der Waals surface area (Å²) < 4.78 is 0. The zero-order valence-corrected chi connectivity index (χ0v) is 9.46. The molecule has 4 heteroatoms. The predicted octanol–water partition coefficient (Wildman–Crippen LogP) is 3.01. The van der Waals surface area contributed by atoms with Gasteiger partial charge < -0.3 is 5.32 Å². The molecule has 3 rings (SSSR count). The second-order valence-electron chi connectivity index (χ2n) is 4.01. The van der Waals surface area contributed by atoms with Crippen molar-refractivity contribution in [1.82, 2.24) is 10.2 Å². The number of halogens is 1. The summed E-state index contributed by atoms with van der Waals surface area (Å²) in [7, 11) is 0. The van der Waals surface area contributed by atoms with Crippen molar-refractivity contribution in [3.8, 4) is 0 Å². The lowest BCUT2D eigenvalue weighted by molar-refractivity contribution is 0.696. The van der Waals surface area contributed by atoms with Crippen LogP contribution in [0.3, 0.4) is 0 Å². The predicted molar refractivity (Wildman–Crippen MR) is 65.0 cm³/mol. The molecule has 0 amide bonds. The number of H-pyrrole nitrogens is 1. The van der Waals surface area contributed by atoms with Gasteiger partial charge in [0.1, 0.15) is 0 Å². The van der Waals surface area contributed by atoms with Gasteiger partial charge in [0.25, 0.3) is 0 Å². The molecule has 0 fully saturated rings. The molecule has 0 saturated heterocycles. The first-order chi connectivity index (χ1) is 7.84. The lowest BCUT2D eigenvalue weighted by Crippen LogP contribution is -2.17. The number of anilines is 1. The van der Waals surface area contributed by atoms with Crippen molar-refractivity contribution >= 4 is 17.3 Å². The number of hydrogen-bond acceptors (Lipinski definition) is 2. The molecule has 0 aliphatic carbocycles. The van der Waals surface area contributed by atoms with Crippen LogP contribution >= 0.6 is 11.6 Å². The highest BCUT2D eigenvalue weighted by atomic mass is 35.5. The molecule has 2 N–H and O–H groups in total. The quantitative estimate of drug-likeness (QED) is 0.795. The summed E-state index contributed by atoms with van der Waals surface area (Å²) in [6.07, 6.45) is 2.86. The molecule has 0 radical (unpaired) electrons. The van der Waals surface area contributed by atoms with E-state index in [1.807, 2.05) is 24.3 Å². The number of nitrogens with zero attached hydrogens (tertiary/aromatic N) is 1. The molecule has 0 bridgehead atoms. The second-order valence-corrected chi connectivity index (χ2v) is 4.45. The van der Waals surface area contributed by atoms with Crippen LogP contribution in [0.4, 0.5) is 5.69 Å². The van der Waals surface area contributed by atoms with E-state index in [1.54, 1.807) is 6.20 Å². The van der Waals surface area contributed by atoms with Gasteiger partial charge in [0, 0.05) is 35.1 Å². The molecule has 1 aliphatic rings. The molecule has 82 valence electrons. The summed E-state index contributed by atoms with van der Waals surface area (Å²) in [5.74, 6) is 0.373. The highest BCUT2D eigenvalue weighted by Gasteiger charge is 2.22. The van der Waals surface area contributed by atoms with Crippen LogP contribution in [0, 0.1) is 0 Å². The monoisotopic (exact) mass is 233 g/mol. The highest BCUT2D eigenvalue weighted by molar-refractivity contribution is 6.30. The zero-order valence-electron chi connectivity index (χ0n) is 8.70. The minimum absolute atomic E-state index is 0.373. The molecular weight excluding hydrogens is 222 g/mol. The Morgan fingerprint density at radius 3 is 3.06 bits per heavy atom. The van der Waals surface area contributed by atoms with Gasteiger partial charge in [0.2, 0.25) is 0 Å². The van der Waals surface area contributed by atoms with Gasteiger partial charge in [-0.05, 0) is 36.2 Å². The van der Waals surface area contributed by atoms with Crippen molar-refractivity contribution in [2.24, 2.45) is 0 Å². The minimum atomic E-state index is 0.373. The lowest BCUT2D eigenvalue weighted by atomic mass is 9.88.